The number of hydrogen-bond donors (Lipinski definition) is 2. The molecule has 6 aromatic heterocycles. The molecule has 15 heteroatoms. The Bertz CT molecular complexity index is 3350. The van der Waals surface area contributed by atoms with Crippen molar-refractivity contribution in [2.75, 3.05) is 23.3 Å². The number of anilines is 2. The van der Waals surface area contributed by atoms with E-state index in [9.17, 15) is 0 Å². The molecule has 90 heavy (non-hydrogen) atoms. The fourth-order valence-electron chi connectivity index (χ4n) is 13.2. The number of nitrogens with zero attached hydrogens (tertiary/aromatic N) is 9. The van der Waals surface area contributed by atoms with Crippen LogP contribution in [0.5, 0.6) is 0 Å². The summed E-state index contributed by atoms with van der Waals surface area (Å²) in [6.07, 6.45) is 45.9. The summed E-state index contributed by atoms with van der Waals surface area (Å²) < 4.78 is 3.63. The topological polar surface area (TPSA) is 126 Å². The first kappa shape index (κ1) is 75.8. The number of nitrogens with one attached hydrogen (secondary N) is 2. The minimum absolute atomic E-state index is 0. The molecule has 11 nitrogen and oxygen atoms in total. The summed E-state index contributed by atoms with van der Waals surface area (Å²) in [5.41, 5.74) is 10.8. The van der Waals surface area contributed by atoms with Crippen LogP contribution in [0.25, 0.3) is 11.6 Å². The molecule has 1 saturated heterocycles. The maximum Gasteiger partial charge on any atom is 0.0547 e. The van der Waals surface area contributed by atoms with Crippen molar-refractivity contribution in [1.82, 2.24) is 39.3 Å². The van der Waals surface area contributed by atoms with Gasteiger partial charge in [-0.3, -0.25) is 15.1 Å². The molecule has 7 heterocycles. The Labute approximate surface area is 594 Å². The number of rotatable bonds is 17. The van der Waals surface area contributed by atoms with Gasteiger partial charge in [0.2, 0.25) is 0 Å². The number of hydrogen-bond acceptors (Lipinski definition) is 9. The second kappa shape index (κ2) is 36.5. The molecule has 3 saturated carbocycles. The standard InChI is InChI=1S/C22H28N.C21H23N4.C16H20N3.C16H22N3.3Ir.Pt/c1-21(2,19-10-6-4-7-11-19)20-16-18(12-15-23-20)17-22(3)13-8-5-9-14-22;1-21(10-13-24(14-11-21)19-7-3-2-4-8-19)15-18-16-25(17-23-18)20-9-5-6-12-22-20;1-16(9-3-4-10-16)11-7-14-8-13-19(18-14)15-6-2-5-12-17-15;1-13(17)5-9-18-15-11-14(6-10-19-15)12-16(2)7-3-4-8-16;;;;/h4,6-7,10,12,15-16H,5,8-9,13-14,17H2,1-3H3;2-9,12,16H,10-11,13-15H2,1H3;2,5-6,8,12H,3-4,7,9-11H2,1H3;5-6,10-11,17H,3-4,7-8,12H2,1-2H3,(H,18,19);;;;/q4*-1;;;;. The molecule has 4 fully saturated rings. The van der Waals surface area contributed by atoms with Gasteiger partial charge in [-0.05, 0) is 146 Å². The van der Waals surface area contributed by atoms with E-state index in [-0.39, 0.29) is 86.8 Å². The van der Waals surface area contributed by atoms with Crippen LogP contribution in [0.15, 0.2) is 158 Å². The van der Waals surface area contributed by atoms with Crippen molar-refractivity contribution in [3.05, 3.63) is 217 Å². The Morgan fingerprint density at radius 1 is 0.622 bits per heavy atom. The van der Waals surface area contributed by atoms with Gasteiger partial charge in [0.25, 0.3) is 0 Å². The number of para-hydroxylation sites is 1. The van der Waals surface area contributed by atoms with Gasteiger partial charge in [0, 0.05) is 148 Å². The van der Waals surface area contributed by atoms with Gasteiger partial charge in [-0.25, -0.2) is 0 Å². The summed E-state index contributed by atoms with van der Waals surface area (Å²) in [5.74, 6) is 2.50. The van der Waals surface area contributed by atoms with Crippen molar-refractivity contribution in [2.24, 2.45) is 21.7 Å². The van der Waals surface area contributed by atoms with Crippen molar-refractivity contribution in [3.63, 3.8) is 0 Å². The van der Waals surface area contributed by atoms with Gasteiger partial charge in [-0.1, -0.05) is 184 Å². The summed E-state index contributed by atoms with van der Waals surface area (Å²) in [5, 5.41) is 14.9. The monoisotopic (exact) mass is 1920 g/mol. The van der Waals surface area contributed by atoms with E-state index in [0.29, 0.717) is 27.4 Å². The van der Waals surface area contributed by atoms with Gasteiger partial charge < -0.3 is 39.8 Å². The van der Waals surface area contributed by atoms with E-state index in [0.717, 1.165) is 66.9 Å². The molecule has 8 aromatic rings. The van der Waals surface area contributed by atoms with Crippen LogP contribution in [0.1, 0.15) is 185 Å². The summed E-state index contributed by atoms with van der Waals surface area (Å²) in [4.78, 5) is 24.6. The molecule has 0 spiro atoms. The predicted octanol–water partition coefficient (Wildman–Crippen LogP) is 17.2. The van der Waals surface area contributed by atoms with E-state index < -0.39 is 0 Å². The number of imidazole rings is 1. The van der Waals surface area contributed by atoms with Crippen LogP contribution < -0.4 is 10.2 Å². The Morgan fingerprint density at radius 2 is 1.19 bits per heavy atom. The molecule has 12 rings (SSSR count). The van der Waals surface area contributed by atoms with Crippen LogP contribution in [0.2, 0.25) is 0 Å². The van der Waals surface area contributed by atoms with E-state index >= 15 is 0 Å². The fraction of sp³-hybridized carbons (Fsp3) is 0.453. The normalized spacial score (nSPS) is 16.7. The Morgan fingerprint density at radius 3 is 1.79 bits per heavy atom. The Hall–Kier alpha value is -4.89. The first-order valence-electron chi connectivity index (χ1n) is 31.9. The van der Waals surface area contributed by atoms with Gasteiger partial charge >= 0.3 is 0 Å². The maximum absolute atomic E-state index is 7.30. The number of aryl methyl sites for hydroxylation is 1. The molecule has 489 valence electrons. The fourth-order valence-corrected chi connectivity index (χ4v) is 13.2. The third-order valence-electron chi connectivity index (χ3n) is 18.7. The maximum atomic E-state index is 7.30. The van der Waals surface area contributed by atoms with Crippen LogP contribution >= 0.6 is 0 Å². The zero-order valence-corrected chi connectivity index (χ0v) is 63.4. The summed E-state index contributed by atoms with van der Waals surface area (Å²) in [7, 11) is 0. The minimum Gasteiger partial charge on any atom is -0.453 e. The van der Waals surface area contributed by atoms with E-state index in [1.807, 2.05) is 71.6 Å². The van der Waals surface area contributed by atoms with Gasteiger partial charge in [0.15, 0.2) is 0 Å². The molecule has 0 amide bonds. The Balaban J connectivity index is 0.000000216. The van der Waals surface area contributed by atoms with Crippen LogP contribution in [0, 0.1) is 51.9 Å². The van der Waals surface area contributed by atoms with Crippen LogP contribution in [0.3, 0.4) is 0 Å². The average Bonchev–Trinajstić information content (AvgIpc) is 2.38. The van der Waals surface area contributed by atoms with Gasteiger partial charge in [0.1, 0.15) is 0 Å². The van der Waals surface area contributed by atoms with Crippen molar-refractivity contribution in [1.29, 1.82) is 5.41 Å². The first-order valence-corrected chi connectivity index (χ1v) is 31.9. The molecule has 4 aliphatic rings. The largest absolute Gasteiger partial charge is 0.453 e. The molecule has 0 bridgehead atoms. The van der Waals surface area contributed by atoms with Crippen LogP contribution in [-0.2, 0) is 112 Å². The Kier molecular flexibility index (Phi) is 30.8. The van der Waals surface area contributed by atoms with Crippen molar-refractivity contribution >= 4 is 17.2 Å². The molecule has 0 atom stereocenters. The minimum atomic E-state index is -0.106. The molecule has 2 aromatic carbocycles. The third-order valence-corrected chi connectivity index (χ3v) is 18.7. The third kappa shape index (κ3) is 23.0. The summed E-state index contributed by atoms with van der Waals surface area (Å²) in [6, 6.07) is 44.7. The quantitative estimate of drug-likeness (QED) is 0.0524. The first-order chi connectivity index (χ1) is 41.5. The summed E-state index contributed by atoms with van der Waals surface area (Å²) in [6.45, 7) is 18.1. The average molecular weight is 1920 g/mol. The smallest absolute Gasteiger partial charge is 0.0547 e. The van der Waals surface area contributed by atoms with E-state index in [1.54, 1.807) is 30.1 Å². The number of benzene rings is 2. The second-order valence-corrected chi connectivity index (χ2v) is 26.9. The summed E-state index contributed by atoms with van der Waals surface area (Å²) >= 11 is 0. The number of piperidine rings is 1. The second-order valence-electron chi connectivity index (χ2n) is 26.9. The van der Waals surface area contributed by atoms with Crippen LogP contribution in [0.4, 0.5) is 11.5 Å². The zero-order chi connectivity index (χ0) is 60.3. The van der Waals surface area contributed by atoms with Crippen molar-refractivity contribution in [2.45, 2.75) is 182 Å². The van der Waals surface area contributed by atoms with Crippen LogP contribution in [-0.4, -0.2) is 58.1 Å². The number of aromatic nitrogens is 8. The van der Waals surface area contributed by atoms with Crippen molar-refractivity contribution in [3.8, 4) is 11.6 Å². The van der Waals surface area contributed by atoms with E-state index in [1.165, 1.54) is 132 Å². The molecule has 3 aliphatic carbocycles. The van der Waals surface area contributed by atoms with E-state index in [2.05, 4.69) is 179 Å². The van der Waals surface area contributed by atoms with Crippen molar-refractivity contribution < 1.29 is 81.4 Å². The molecular weight excluding hydrogens is 1830 g/mol. The molecule has 1 aliphatic heterocycles. The van der Waals surface area contributed by atoms with E-state index in [4.69, 9.17) is 5.41 Å². The predicted molar refractivity (Wildman–Crippen MR) is 351 cm³/mol. The van der Waals surface area contributed by atoms with Gasteiger partial charge in [-0.2, -0.15) is 35.9 Å². The van der Waals surface area contributed by atoms with Gasteiger partial charge in [0.05, 0.1) is 11.6 Å². The molecule has 2 N–H and O–H groups in total. The number of pyridine rings is 4. The zero-order valence-electron chi connectivity index (χ0n) is 53.9. The number of allylic oxidation sites excluding steroid dienone is 1. The molecule has 0 unspecified atom stereocenters. The van der Waals surface area contributed by atoms with Gasteiger partial charge in [-0.15, -0.1) is 18.3 Å². The molecule has 3 radical (unpaired) electrons. The SMILES string of the molecule is CC(=N)C=[C-]Nc1cc(CC2(C)CCCC2)ccn1.CC1(CCc2c[c-]n(-c3ccccn3)n2)CCCC1.CC1(Cc2ccnc(C(C)(C)c3[c-]cccc3)c2)CCCCC1.CC1(Cc2cn(-c3ccccn3)[c-]n2)CCN(c2ccccc2)CC1.[Ir].[Ir].[Ir].[Pt]. The molecular formula is C75H93Ir3N11Pt-4.